The van der Waals surface area contributed by atoms with Crippen LogP contribution < -0.4 is 0 Å². The summed E-state index contributed by atoms with van der Waals surface area (Å²) in [4.78, 5) is 0. The van der Waals surface area contributed by atoms with E-state index in [1.807, 2.05) is 0 Å². The minimum atomic E-state index is 0.940. The molecular weight excluding hydrogens is 342 g/mol. The molecule has 0 aliphatic carbocycles. The minimum Gasteiger partial charge on any atom is -0.456 e. The molecule has 0 fully saturated rings. The Hall–Kier alpha value is -3.52. The summed E-state index contributed by atoms with van der Waals surface area (Å²) in [5, 5.41) is 4.95. The van der Waals surface area contributed by atoms with Gasteiger partial charge in [0, 0.05) is 39.6 Å². The van der Waals surface area contributed by atoms with Gasteiger partial charge in [-0.05, 0) is 60.5 Å². The Labute approximate surface area is 162 Å². The van der Waals surface area contributed by atoms with Crippen molar-refractivity contribution in [1.29, 1.82) is 0 Å². The van der Waals surface area contributed by atoms with Gasteiger partial charge in [-0.25, -0.2) is 0 Å². The molecule has 0 atom stereocenters. The molecule has 0 saturated carbocycles. The lowest BCUT2D eigenvalue weighted by Gasteiger charge is -2.04. The standard InChI is InChI=1S/C26H19NO/c1-16-7-11-25-21(13-16)22-15-18(9-12-26(22)28-25)17-8-10-24-20(14-17)19-5-3-4-6-23(19)27(24)2/h3-15H,1-2H3. The van der Waals surface area contributed by atoms with Gasteiger partial charge in [0.25, 0.3) is 0 Å². The number of benzene rings is 4. The molecule has 0 spiro atoms. The molecule has 0 bridgehead atoms. The van der Waals surface area contributed by atoms with Gasteiger partial charge < -0.3 is 8.98 Å². The summed E-state index contributed by atoms with van der Waals surface area (Å²) in [6.45, 7) is 2.12. The van der Waals surface area contributed by atoms with Crippen LogP contribution in [0.25, 0.3) is 54.9 Å². The van der Waals surface area contributed by atoms with Crippen LogP contribution in [0, 0.1) is 6.92 Å². The van der Waals surface area contributed by atoms with Crippen molar-refractivity contribution in [3.05, 3.63) is 84.4 Å². The van der Waals surface area contributed by atoms with Crippen molar-refractivity contribution < 1.29 is 4.42 Å². The van der Waals surface area contributed by atoms with Crippen LogP contribution in [0.4, 0.5) is 0 Å². The fourth-order valence-electron chi connectivity index (χ4n) is 4.42. The number of para-hydroxylation sites is 1. The average molecular weight is 361 g/mol. The highest BCUT2D eigenvalue weighted by Gasteiger charge is 2.11. The molecule has 2 heterocycles. The molecule has 6 rings (SSSR count). The smallest absolute Gasteiger partial charge is 0.135 e. The average Bonchev–Trinajstić information content (AvgIpc) is 3.23. The zero-order valence-electron chi connectivity index (χ0n) is 15.9. The van der Waals surface area contributed by atoms with Gasteiger partial charge in [-0.2, -0.15) is 0 Å². The van der Waals surface area contributed by atoms with Crippen LogP contribution in [-0.4, -0.2) is 4.57 Å². The fraction of sp³-hybridized carbons (Fsp3) is 0.0769. The maximum atomic E-state index is 6.03. The quantitative estimate of drug-likeness (QED) is 0.303. The van der Waals surface area contributed by atoms with E-state index in [-0.39, 0.29) is 0 Å². The van der Waals surface area contributed by atoms with E-state index in [0.29, 0.717) is 0 Å². The summed E-state index contributed by atoms with van der Waals surface area (Å²) in [5.41, 5.74) is 8.10. The van der Waals surface area contributed by atoms with Gasteiger partial charge in [0.1, 0.15) is 11.2 Å². The Morgan fingerprint density at radius 1 is 0.607 bits per heavy atom. The molecule has 0 aliphatic rings. The lowest BCUT2D eigenvalue weighted by atomic mass is 10.0. The van der Waals surface area contributed by atoms with Gasteiger partial charge in [-0.15, -0.1) is 0 Å². The third-order valence-electron chi connectivity index (χ3n) is 5.87. The highest BCUT2D eigenvalue weighted by atomic mass is 16.3. The molecule has 0 unspecified atom stereocenters. The van der Waals surface area contributed by atoms with Crippen molar-refractivity contribution in [3.63, 3.8) is 0 Å². The summed E-state index contributed by atoms with van der Waals surface area (Å²) in [5.74, 6) is 0. The molecule has 4 aromatic carbocycles. The van der Waals surface area contributed by atoms with Crippen molar-refractivity contribution in [3.8, 4) is 11.1 Å². The Balaban J connectivity index is 1.62. The van der Waals surface area contributed by atoms with Gasteiger partial charge in [0.2, 0.25) is 0 Å². The normalized spacial score (nSPS) is 11.9. The second-order valence-corrected chi connectivity index (χ2v) is 7.62. The number of rotatable bonds is 1. The molecule has 0 amide bonds. The molecular formula is C26H19NO. The van der Waals surface area contributed by atoms with E-state index in [0.717, 1.165) is 11.2 Å². The van der Waals surface area contributed by atoms with E-state index in [2.05, 4.69) is 97.4 Å². The minimum absolute atomic E-state index is 0.940. The van der Waals surface area contributed by atoms with E-state index in [4.69, 9.17) is 4.42 Å². The molecule has 2 aromatic heterocycles. The Bertz CT molecular complexity index is 1530. The number of nitrogens with zero attached hydrogens (tertiary/aromatic N) is 1. The van der Waals surface area contributed by atoms with Gasteiger partial charge in [-0.1, -0.05) is 42.0 Å². The van der Waals surface area contributed by atoms with Crippen LogP contribution >= 0.6 is 0 Å². The molecule has 0 aliphatic heterocycles. The largest absolute Gasteiger partial charge is 0.456 e. The first-order valence-corrected chi connectivity index (χ1v) is 9.59. The van der Waals surface area contributed by atoms with E-state index < -0.39 is 0 Å². The van der Waals surface area contributed by atoms with E-state index in [9.17, 15) is 0 Å². The van der Waals surface area contributed by atoms with Crippen LogP contribution in [0.15, 0.2) is 83.3 Å². The van der Waals surface area contributed by atoms with Gasteiger partial charge in [-0.3, -0.25) is 0 Å². The zero-order valence-corrected chi connectivity index (χ0v) is 15.9. The molecule has 2 heteroatoms. The Morgan fingerprint density at radius 3 is 2.11 bits per heavy atom. The summed E-state index contributed by atoms with van der Waals surface area (Å²) >= 11 is 0. The van der Waals surface area contributed by atoms with Crippen molar-refractivity contribution in [2.45, 2.75) is 6.92 Å². The molecule has 0 radical (unpaired) electrons. The van der Waals surface area contributed by atoms with E-state index in [1.54, 1.807) is 0 Å². The van der Waals surface area contributed by atoms with Crippen molar-refractivity contribution in [1.82, 2.24) is 4.57 Å². The van der Waals surface area contributed by atoms with Crippen molar-refractivity contribution >= 4 is 43.7 Å². The lowest BCUT2D eigenvalue weighted by Crippen LogP contribution is -1.86. The second-order valence-electron chi connectivity index (χ2n) is 7.62. The molecule has 0 saturated heterocycles. The highest BCUT2D eigenvalue weighted by Crippen LogP contribution is 2.35. The second kappa shape index (κ2) is 5.49. The van der Waals surface area contributed by atoms with Crippen molar-refractivity contribution in [2.75, 3.05) is 0 Å². The summed E-state index contributed by atoms with van der Waals surface area (Å²) < 4.78 is 8.29. The monoisotopic (exact) mass is 361 g/mol. The highest BCUT2D eigenvalue weighted by molar-refractivity contribution is 6.10. The third-order valence-corrected chi connectivity index (χ3v) is 5.87. The first-order valence-electron chi connectivity index (χ1n) is 9.59. The fourth-order valence-corrected chi connectivity index (χ4v) is 4.42. The first kappa shape index (κ1) is 15.5. The summed E-state index contributed by atoms with van der Waals surface area (Å²) in [7, 11) is 2.14. The summed E-state index contributed by atoms with van der Waals surface area (Å²) in [6, 6.07) is 28.2. The van der Waals surface area contributed by atoms with Crippen LogP contribution in [0.5, 0.6) is 0 Å². The van der Waals surface area contributed by atoms with E-state index in [1.165, 1.54) is 49.3 Å². The van der Waals surface area contributed by atoms with Crippen LogP contribution in [0.2, 0.25) is 0 Å². The number of hydrogen-bond donors (Lipinski definition) is 0. The number of aromatic nitrogens is 1. The zero-order chi connectivity index (χ0) is 18.8. The van der Waals surface area contributed by atoms with E-state index >= 15 is 0 Å². The van der Waals surface area contributed by atoms with Gasteiger partial charge in [0.15, 0.2) is 0 Å². The number of hydrogen-bond acceptors (Lipinski definition) is 1. The Kier molecular flexibility index (Phi) is 3.05. The van der Waals surface area contributed by atoms with Crippen LogP contribution in [0.1, 0.15) is 5.56 Å². The Morgan fingerprint density at radius 2 is 1.25 bits per heavy atom. The number of aryl methyl sites for hydroxylation is 2. The molecule has 28 heavy (non-hydrogen) atoms. The SMILES string of the molecule is Cc1ccc2oc3ccc(-c4ccc5c(c4)c4ccccc4n5C)cc3c2c1. The molecule has 2 nitrogen and oxygen atoms in total. The maximum Gasteiger partial charge on any atom is 0.135 e. The molecule has 6 aromatic rings. The number of furan rings is 1. The predicted octanol–water partition coefficient (Wildman–Crippen LogP) is 7.21. The maximum absolute atomic E-state index is 6.03. The predicted molar refractivity (Wildman–Crippen MR) is 118 cm³/mol. The van der Waals surface area contributed by atoms with Gasteiger partial charge >= 0.3 is 0 Å². The van der Waals surface area contributed by atoms with Crippen LogP contribution in [0.3, 0.4) is 0 Å². The lowest BCUT2D eigenvalue weighted by molar-refractivity contribution is 0.669. The summed E-state index contributed by atoms with van der Waals surface area (Å²) in [6.07, 6.45) is 0. The molecule has 0 N–H and O–H groups in total. The third kappa shape index (κ3) is 2.09. The number of fused-ring (bicyclic) bond motifs is 6. The molecule has 134 valence electrons. The first-order chi connectivity index (χ1) is 13.7. The van der Waals surface area contributed by atoms with Crippen molar-refractivity contribution in [2.24, 2.45) is 7.05 Å². The van der Waals surface area contributed by atoms with Crippen LogP contribution in [-0.2, 0) is 7.05 Å². The van der Waals surface area contributed by atoms with Gasteiger partial charge in [0.05, 0.1) is 0 Å². The topological polar surface area (TPSA) is 18.1 Å².